The topological polar surface area (TPSA) is 267 Å². The average Bonchev–Trinajstić information content (AvgIpc) is 3.91. The van der Waals surface area contributed by atoms with Crippen LogP contribution < -0.4 is 37.3 Å². The van der Waals surface area contributed by atoms with Gasteiger partial charge in [-0.05, 0) is 71.2 Å². The highest BCUT2D eigenvalue weighted by molar-refractivity contribution is 7.32. The minimum atomic E-state index is -3.46. The minimum absolute atomic E-state index is 0.0103. The van der Waals surface area contributed by atoms with E-state index in [-0.39, 0.29) is 28.8 Å². The lowest BCUT2D eigenvalue weighted by Gasteiger charge is -2.41. The van der Waals surface area contributed by atoms with Gasteiger partial charge in [-0.2, -0.15) is 0 Å². The summed E-state index contributed by atoms with van der Waals surface area (Å²) in [5, 5.41) is 2.58. The summed E-state index contributed by atoms with van der Waals surface area (Å²) in [6.45, 7) is 9.77. The molecule has 0 saturated carbocycles. The van der Waals surface area contributed by atoms with Crippen molar-refractivity contribution >= 4 is 40.0 Å². The van der Waals surface area contributed by atoms with Crippen molar-refractivity contribution in [1.29, 1.82) is 0 Å². The smallest absolute Gasteiger partial charge is 0.497 e. The number of ether oxygens (including phenoxy) is 6. The monoisotopic (exact) mass is 1130 g/mol. The molecular weight excluding hydrogens is 1070 g/mol. The van der Waals surface area contributed by atoms with Crippen LogP contribution in [0.3, 0.4) is 0 Å². The largest absolute Gasteiger partial charge is 0.695 e. The van der Waals surface area contributed by atoms with Gasteiger partial charge in [0.2, 0.25) is 5.91 Å². The molecule has 1 unspecified atom stereocenters. The van der Waals surface area contributed by atoms with Crippen molar-refractivity contribution in [2.75, 3.05) is 27.4 Å². The lowest BCUT2D eigenvalue weighted by molar-refractivity contribution is -0.126. The average molecular weight is 1130 g/mol. The van der Waals surface area contributed by atoms with Gasteiger partial charge in [-0.3, -0.25) is 33.5 Å². The third-order valence-electron chi connectivity index (χ3n) is 14.4. The number of rotatable bonds is 20. The van der Waals surface area contributed by atoms with Gasteiger partial charge in [0.25, 0.3) is 11.1 Å². The zero-order valence-corrected chi connectivity index (χ0v) is 46.3. The van der Waals surface area contributed by atoms with Crippen molar-refractivity contribution in [2.45, 2.75) is 93.9 Å². The van der Waals surface area contributed by atoms with Crippen LogP contribution in [-0.4, -0.2) is 102 Å². The molecule has 0 spiro atoms. The summed E-state index contributed by atoms with van der Waals surface area (Å²) in [6, 6.07) is 32.5. The number of carbonyl (C=O) groups is 2. The molecule has 4 heterocycles. The molecule has 4 aromatic carbocycles. The Morgan fingerprint density at radius 2 is 1.23 bits per heavy atom. The molecule has 21 nitrogen and oxygen atoms in total. The quantitative estimate of drug-likeness (QED) is 0.0281. The van der Waals surface area contributed by atoms with E-state index in [4.69, 9.17) is 49.0 Å². The van der Waals surface area contributed by atoms with Crippen molar-refractivity contribution in [3.63, 3.8) is 0 Å². The van der Waals surface area contributed by atoms with Gasteiger partial charge in [0.15, 0.2) is 33.0 Å². The van der Waals surface area contributed by atoms with E-state index in [2.05, 4.69) is 15.3 Å². The molecule has 6 aromatic rings. The molecule has 24 heteroatoms. The van der Waals surface area contributed by atoms with Gasteiger partial charge >= 0.3 is 25.6 Å². The molecule has 2 saturated heterocycles. The Morgan fingerprint density at radius 1 is 0.718 bits per heavy atom. The van der Waals surface area contributed by atoms with Gasteiger partial charge in [-0.15, -0.1) is 9.42 Å². The molecule has 0 bridgehead atoms. The normalized spacial score (nSPS) is 21.7. The predicted molar refractivity (Wildman–Crippen MR) is 287 cm³/mol. The molecule has 0 radical (unpaired) electrons. The van der Waals surface area contributed by atoms with Gasteiger partial charge in [0, 0.05) is 41.6 Å². The Labute approximate surface area is 454 Å². The molecule has 0 aliphatic carbocycles. The van der Waals surface area contributed by atoms with Crippen LogP contribution in [0.25, 0.3) is 0 Å². The fourth-order valence-electron chi connectivity index (χ4n) is 9.37. The van der Waals surface area contributed by atoms with Crippen LogP contribution in [-0.2, 0) is 42.9 Å². The van der Waals surface area contributed by atoms with Crippen LogP contribution in [0.2, 0.25) is 23.2 Å². The Bertz CT molecular complexity index is 3300. The van der Waals surface area contributed by atoms with E-state index in [0.717, 1.165) is 22.4 Å². The van der Waals surface area contributed by atoms with Crippen LogP contribution >= 0.6 is 19.9 Å². The number of aromatic amines is 2. The number of benzene rings is 4. The fraction of sp³-hybridized carbons (Fsp3) is 0.370. The number of methoxy groups -OCH3 is 2. The summed E-state index contributed by atoms with van der Waals surface area (Å²) in [4.78, 5) is 94.5. The molecule has 9 atom stereocenters. The number of hydrogen-bond acceptors (Lipinski definition) is 15. The summed E-state index contributed by atoms with van der Waals surface area (Å²) in [5.74, 6) is -1.35. The number of amides is 1. The van der Waals surface area contributed by atoms with Gasteiger partial charge in [0.1, 0.15) is 23.2 Å². The first-order valence-electron chi connectivity index (χ1n) is 24.8. The lowest BCUT2D eigenvalue weighted by Crippen LogP contribution is -2.50. The number of nitrogens with zero attached hydrogens (tertiary/aromatic N) is 2. The summed E-state index contributed by atoms with van der Waals surface area (Å²) in [7, 11) is -3.14. The second-order valence-corrected chi connectivity index (χ2v) is 26.0. The molecule has 1 amide bonds. The standard InChI is InChI=1S/C54H59ClN5O16PSi/c1-53(2,3)78(6,7)76-45-38(30-56-44(63)29-40-46(75-77(67)68)47(74-50(64)37-15-11-12-16-39(37)55)49(72-40)60-28-26-43(62)58-52(60)66)41(73-48(45)59-27-25-42(61)57-51(59)65)31-71-54(32-13-9-8-10-14-32,33-17-21-35(69-4)22-18-33)34-19-23-36(70-5)24-20-34/h8-28,38,40-41,45-49H,29-31H2,1-7H3,(H3-,56,57,58,61,62,63,65,66,67,68)/p+1/t38-,40-,41-,45-,46-,47-,48-,49-/m1/s1. The maximum Gasteiger partial charge on any atom is 0.695 e. The Morgan fingerprint density at radius 3 is 1.74 bits per heavy atom. The first-order valence-corrected chi connectivity index (χ1v) is 29.2. The SMILES string of the molecule is COc1ccc(C(OC[C@H]2O[C@@H](n3ccc(=O)[nH]c3=O)[C@H](O[Si](C)(C)C(C)(C)C)[C@@H]2CNC(=O)C[C@H]2O[C@@H](n3ccc(=O)[nH]c3=O)[C@H](OC(=O)c3ccccc3Cl)[C@@H]2O[P+](=O)O)(c2ccccc2)c2ccc(OC)cc2)cc1. The summed E-state index contributed by atoms with van der Waals surface area (Å²) < 4.78 is 64.7. The van der Waals surface area contributed by atoms with Crippen molar-refractivity contribution < 1.29 is 56.4 Å². The van der Waals surface area contributed by atoms with E-state index >= 15 is 0 Å². The molecule has 78 heavy (non-hydrogen) atoms. The third-order valence-corrected chi connectivity index (χ3v) is 19.6. The fourth-order valence-corrected chi connectivity index (χ4v) is 11.4. The summed E-state index contributed by atoms with van der Waals surface area (Å²) in [5.41, 5.74) is -2.44. The van der Waals surface area contributed by atoms with Crippen LogP contribution in [0.4, 0.5) is 0 Å². The number of nitrogens with one attached hydrogen (secondary N) is 3. The van der Waals surface area contributed by atoms with Gasteiger partial charge < -0.3 is 38.2 Å². The minimum Gasteiger partial charge on any atom is -0.497 e. The van der Waals surface area contributed by atoms with Crippen molar-refractivity contribution in [3.8, 4) is 11.5 Å². The van der Waals surface area contributed by atoms with Crippen LogP contribution in [0.15, 0.2) is 147 Å². The number of hydrogen-bond donors (Lipinski definition) is 4. The molecular formula is C54H60ClN5O16PSi+. The third kappa shape index (κ3) is 12.4. The molecule has 2 fully saturated rings. The molecule has 2 aliphatic rings. The maximum absolute atomic E-state index is 14.6. The Kier molecular flexibility index (Phi) is 17.7. The highest BCUT2D eigenvalue weighted by Gasteiger charge is 2.55. The zero-order valence-electron chi connectivity index (χ0n) is 43.7. The first kappa shape index (κ1) is 57.3. The van der Waals surface area contributed by atoms with Crippen LogP contribution in [0.1, 0.15) is 66.7 Å². The van der Waals surface area contributed by atoms with E-state index in [1.165, 1.54) is 35.0 Å². The van der Waals surface area contributed by atoms with Gasteiger partial charge in [-0.1, -0.05) is 99.1 Å². The van der Waals surface area contributed by atoms with Gasteiger partial charge in [-0.25, -0.2) is 14.4 Å². The van der Waals surface area contributed by atoms with Crippen LogP contribution in [0.5, 0.6) is 11.5 Å². The number of H-pyrrole nitrogens is 2. The van der Waals surface area contributed by atoms with Crippen molar-refractivity contribution in [2.24, 2.45) is 5.92 Å². The van der Waals surface area contributed by atoms with E-state index in [1.54, 1.807) is 20.3 Å². The lowest BCUT2D eigenvalue weighted by atomic mass is 9.80. The maximum atomic E-state index is 14.6. The van der Waals surface area contributed by atoms with E-state index < -0.39 is 112 Å². The van der Waals surface area contributed by atoms with Crippen LogP contribution in [0, 0.1) is 5.92 Å². The second-order valence-electron chi connectivity index (χ2n) is 20.2. The first-order chi connectivity index (χ1) is 37.1. The predicted octanol–water partition coefficient (Wildman–Crippen LogP) is 6.33. The molecule has 4 N–H and O–H groups in total. The summed E-state index contributed by atoms with van der Waals surface area (Å²) >= 11 is 6.33. The number of esters is 1. The number of halogens is 1. The van der Waals surface area contributed by atoms with E-state index in [0.29, 0.717) is 22.6 Å². The summed E-state index contributed by atoms with van der Waals surface area (Å²) in [6.07, 6.45) is -7.80. The molecule has 2 aromatic heterocycles. The van der Waals surface area contributed by atoms with E-state index in [9.17, 15) is 38.2 Å². The highest BCUT2D eigenvalue weighted by atomic mass is 35.5. The van der Waals surface area contributed by atoms with Crippen molar-refractivity contribution in [3.05, 3.63) is 197 Å². The molecule has 412 valence electrons. The number of carbonyl (C=O) groups excluding carboxylic acids is 2. The molecule has 2 aliphatic heterocycles. The highest BCUT2D eigenvalue weighted by Crippen LogP contribution is 2.47. The van der Waals surface area contributed by atoms with E-state index in [1.807, 2.05) is 113 Å². The number of aromatic nitrogens is 4. The Balaban J connectivity index is 1.18. The van der Waals surface area contributed by atoms with Crippen molar-refractivity contribution in [1.82, 2.24) is 24.4 Å². The zero-order chi connectivity index (χ0) is 56.1. The second kappa shape index (κ2) is 24.0. The Hall–Kier alpha value is -6.85. The molecule has 8 rings (SSSR count). The van der Waals surface area contributed by atoms with Gasteiger partial charge in [0.05, 0.1) is 50.0 Å².